The Morgan fingerprint density at radius 3 is 2.25 bits per heavy atom. The minimum Gasteiger partial charge on any atom is -0.395 e. The Balaban J connectivity index is 2.11. The minimum atomic E-state index is -3.65. The number of carbonyl (C=O) groups excluding carboxylic acids is 1. The molecule has 0 aromatic carbocycles. The summed E-state index contributed by atoms with van der Waals surface area (Å²) in [6.07, 6.45) is 3.58. The van der Waals surface area contributed by atoms with E-state index in [2.05, 4.69) is 0 Å². The number of urea groups is 1. The molecule has 2 amide bonds. The first-order valence-corrected chi connectivity index (χ1v) is 12.2. The monoisotopic (exact) mass is 518 g/mol. The largest absolute Gasteiger partial charge is 0.395 e. The zero-order valence-electron chi connectivity index (χ0n) is 21.1. The molecule has 36 heavy (non-hydrogen) atoms. The summed E-state index contributed by atoms with van der Waals surface area (Å²) < 4.78 is 13.9. The van der Waals surface area contributed by atoms with Gasteiger partial charge in [0.1, 0.15) is 17.9 Å². The van der Waals surface area contributed by atoms with Crippen molar-refractivity contribution in [3.05, 3.63) is 24.1 Å². The minimum absolute atomic E-state index is 0.0664. The maximum atomic E-state index is 13.9. The van der Waals surface area contributed by atoms with Crippen LogP contribution in [-0.2, 0) is 0 Å². The third-order valence-corrected chi connectivity index (χ3v) is 7.81. The number of amides is 2. The third kappa shape index (κ3) is 4.68. The molecule has 3 aliphatic rings. The van der Waals surface area contributed by atoms with E-state index >= 15 is 0 Å². The van der Waals surface area contributed by atoms with Gasteiger partial charge in [0.05, 0.1) is 6.61 Å². The van der Waals surface area contributed by atoms with Gasteiger partial charge in [-0.05, 0) is 31.9 Å². The Morgan fingerprint density at radius 2 is 1.75 bits per heavy atom. The SMILES string of the molecule is CCN(C)C(=O)N1C(C2C=CC(F)=CC2C)C(O)(O)C(N2CCN(C(C)CO)CC2)C(O)(O)C1(O)O. The molecule has 0 radical (unpaired) electrons. The molecule has 7 N–H and O–H groups in total. The Morgan fingerprint density at radius 1 is 1.17 bits per heavy atom. The molecule has 12 nitrogen and oxygen atoms in total. The second-order valence-electron chi connectivity index (χ2n) is 10.1. The fraction of sp³-hybridized carbons (Fsp3) is 0.783. The van der Waals surface area contributed by atoms with Crippen molar-refractivity contribution in [1.29, 1.82) is 0 Å². The van der Waals surface area contributed by atoms with Crippen LogP contribution >= 0.6 is 0 Å². The first-order valence-electron chi connectivity index (χ1n) is 12.2. The predicted molar refractivity (Wildman–Crippen MR) is 125 cm³/mol. The number of piperidine rings is 1. The number of piperazine rings is 1. The normalized spacial score (nSPS) is 33.2. The highest BCUT2D eigenvalue weighted by atomic mass is 19.1. The molecule has 2 saturated heterocycles. The van der Waals surface area contributed by atoms with Gasteiger partial charge in [-0.25, -0.2) is 9.18 Å². The van der Waals surface area contributed by atoms with Gasteiger partial charge in [0.25, 0.3) is 5.79 Å². The molecule has 5 atom stereocenters. The fourth-order valence-electron chi connectivity index (χ4n) is 5.49. The number of likely N-dealkylation sites (tertiary alicyclic amines) is 1. The highest BCUT2D eigenvalue weighted by Gasteiger charge is 2.75. The van der Waals surface area contributed by atoms with Crippen molar-refractivity contribution in [3.8, 4) is 0 Å². The molecule has 0 aromatic heterocycles. The van der Waals surface area contributed by atoms with Crippen LogP contribution < -0.4 is 0 Å². The van der Waals surface area contributed by atoms with Gasteiger partial charge >= 0.3 is 11.9 Å². The van der Waals surface area contributed by atoms with E-state index in [-0.39, 0.29) is 37.2 Å². The number of hydrogen-bond donors (Lipinski definition) is 7. The lowest BCUT2D eigenvalue weighted by atomic mass is 9.71. The van der Waals surface area contributed by atoms with E-state index in [0.29, 0.717) is 13.1 Å². The first-order chi connectivity index (χ1) is 16.6. The molecule has 0 aromatic rings. The molecule has 0 bridgehead atoms. The number of halogens is 1. The summed E-state index contributed by atoms with van der Waals surface area (Å²) in [5, 5.41) is 77.2. The Hall–Kier alpha value is -1.68. The van der Waals surface area contributed by atoms with Crippen LogP contribution in [0.25, 0.3) is 0 Å². The topological polar surface area (TPSA) is 172 Å². The zero-order chi connectivity index (χ0) is 27.2. The summed E-state index contributed by atoms with van der Waals surface area (Å²) in [6, 6.07) is -5.15. The number of aliphatic hydroxyl groups excluding tert-OH is 1. The van der Waals surface area contributed by atoms with E-state index in [1.54, 1.807) is 20.8 Å². The zero-order valence-corrected chi connectivity index (χ0v) is 21.1. The number of carbonyl (C=O) groups is 1. The van der Waals surface area contributed by atoms with Crippen molar-refractivity contribution in [2.24, 2.45) is 11.8 Å². The van der Waals surface area contributed by atoms with Crippen molar-refractivity contribution in [2.45, 2.75) is 56.4 Å². The Labute approximate surface area is 209 Å². The van der Waals surface area contributed by atoms with Crippen molar-refractivity contribution in [2.75, 3.05) is 46.4 Å². The van der Waals surface area contributed by atoms with Gasteiger partial charge in [-0.15, -0.1) is 0 Å². The summed E-state index contributed by atoms with van der Waals surface area (Å²) in [6.45, 7) is 5.71. The first kappa shape index (κ1) is 28.9. The average Bonchev–Trinajstić information content (AvgIpc) is 2.80. The molecule has 5 unspecified atom stereocenters. The molecule has 0 saturated carbocycles. The van der Waals surface area contributed by atoms with Gasteiger partial charge < -0.3 is 40.6 Å². The van der Waals surface area contributed by atoms with Gasteiger partial charge in [-0.1, -0.05) is 13.0 Å². The Bertz CT molecular complexity index is 874. The fourth-order valence-corrected chi connectivity index (χ4v) is 5.49. The molecule has 2 fully saturated rings. The van der Waals surface area contributed by atoms with E-state index in [1.807, 2.05) is 4.90 Å². The van der Waals surface area contributed by atoms with Gasteiger partial charge in [-0.3, -0.25) is 14.7 Å². The van der Waals surface area contributed by atoms with E-state index in [1.165, 1.54) is 24.1 Å². The summed E-state index contributed by atoms with van der Waals surface area (Å²) >= 11 is 0. The molecule has 2 aliphatic heterocycles. The number of aliphatic hydroxyl groups is 7. The van der Waals surface area contributed by atoms with Gasteiger partial charge in [0.15, 0.2) is 0 Å². The lowest BCUT2D eigenvalue weighted by molar-refractivity contribution is -0.483. The van der Waals surface area contributed by atoms with E-state index in [9.17, 15) is 44.9 Å². The van der Waals surface area contributed by atoms with Crippen molar-refractivity contribution in [1.82, 2.24) is 19.6 Å². The summed E-state index contributed by atoms with van der Waals surface area (Å²) in [4.78, 5) is 17.8. The van der Waals surface area contributed by atoms with E-state index < -0.39 is 53.3 Å². The number of hydrogen-bond acceptors (Lipinski definition) is 10. The molecule has 206 valence electrons. The second-order valence-corrected chi connectivity index (χ2v) is 10.1. The molecule has 1 aliphatic carbocycles. The van der Waals surface area contributed by atoms with Crippen LogP contribution in [-0.4, -0.2) is 143 Å². The van der Waals surface area contributed by atoms with Gasteiger partial charge in [-0.2, -0.15) is 0 Å². The van der Waals surface area contributed by atoms with Crippen molar-refractivity contribution >= 4 is 6.03 Å². The maximum absolute atomic E-state index is 13.9. The van der Waals surface area contributed by atoms with Gasteiger partial charge in [0, 0.05) is 51.7 Å². The number of nitrogens with zero attached hydrogens (tertiary/aromatic N) is 4. The van der Waals surface area contributed by atoms with Crippen LogP contribution in [0.5, 0.6) is 0 Å². The lowest BCUT2D eigenvalue weighted by Gasteiger charge is -2.62. The average molecular weight is 519 g/mol. The molecule has 3 rings (SSSR count). The molecular formula is C23H39FN4O8. The van der Waals surface area contributed by atoms with Crippen LogP contribution in [0, 0.1) is 11.8 Å². The quantitative estimate of drug-likeness (QED) is 0.198. The number of rotatable bonds is 5. The second kappa shape index (κ2) is 10.2. The van der Waals surface area contributed by atoms with Crippen LogP contribution in [0.1, 0.15) is 20.8 Å². The predicted octanol–water partition coefficient (Wildman–Crippen LogP) is -2.21. The molecule has 2 heterocycles. The maximum Gasteiger partial charge on any atom is 0.324 e. The van der Waals surface area contributed by atoms with E-state index in [4.69, 9.17) is 0 Å². The molecule has 0 spiro atoms. The molecule has 13 heteroatoms. The van der Waals surface area contributed by atoms with Crippen LogP contribution in [0.4, 0.5) is 9.18 Å². The van der Waals surface area contributed by atoms with Crippen molar-refractivity contribution < 1.29 is 44.9 Å². The highest BCUT2D eigenvalue weighted by Crippen LogP contribution is 2.48. The van der Waals surface area contributed by atoms with Crippen LogP contribution in [0.2, 0.25) is 0 Å². The van der Waals surface area contributed by atoms with Crippen LogP contribution in [0.15, 0.2) is 24.1 Å². The molecular weight excluding hydrogens is 479 g/mol. The highest BCUT2D eigenvalue weighted by molar-refractivity contribution is 5.76. The summed E-state index contributed by atoms with van der Waals surface area (Å²) in [7, 11) is 1.33. The van der Waals surface area contributed by atoms with Crippen molar-refractivity contribution in [3.63, 3.8) is 0 Å². The number of allylic oxidation sites excluding steroid dienone is 3. The standard InChI is InChI=1S/C23H39FN4O8/c1-5-25(4)20(30)28-18(17-7-6-16(24)12-14(17)2)21(31,32)19(22(33,34)23(28,35)36)27-10-8-26(9-11-27)15(3)13-29/h6-7,12,14-15,17-19,29,31-36H,5,8-11,13H2,1-4H3. The van der Waals surface area contributed by atoms with E-state index in [0.717, 1.165) is 11.0 Å². The van der Waals surface area contributed by atoms with Gasteiger partial charge in [0.2, 0.25) is 5.79 Å². The summed E-state index contributed by atoms with van der Waals surface area (Å²) in [5.74, 6) is -12.7. The third-order valence-electron chi connectivity index (χ3n) is 7.81. The Kier molecular flexibility index (Phi) is 8.21. The lowest BCUT2D eigenvalue weighted by Crippen LogP contribution is -2.89. The summed E-state index contributed by atoms with van der Waals surface area (Å²) in [5.41, 5.74) is 0. The van der Waals surface area contributed by atoms with Crippen LogP contribution in [0.3, 0.4) is 0 Å². The smallest absolute Gasteiger partial charge is 0.324 e.